The highest BCUT2D eigenvalue weighted by atomic mass is 16.4. The molecule has 24 heavy (non-hydrogen) atoms. The Morgan fingerprint density at radius 2 is 1.88 bits per heavy atom. The maximum absolute atomic E-state index is 12.8. The molecule has 0 saturated heterocycles. The molecule has 3 aromatic rings. The van der Waals surface area contributed by atoms with Crippen LogP contribution in [0.15, 0.2) is 48.5 Å². The van der Waals surface area contributed by atoms with E-state index in [-0.39, 0.29) is 11.9 Å². The molecule has 5 rings (SSSR count). The quantitative estimate of drug-likeness (QED) is 0.724. The van der Waals surface area contributed by atoms with Gasteiger partial charge in [0.1, 0.15) is 6.04 Å². The van der Waals surface area contributed by atoms with Crippen LogP contribution in [0.25, 0.3) is 10.9 Å². The van der Waals surface area contributed by atoms with Gasteiger partial charge in [-0.05, 0) is 23.3 Å². The number of rotatable bonds is 1. The molecule has 0 fully saturated rings. The van der Waals surface area contributed by atoms with Crippen molar-refractivity contribution >= 4 is 22.8 Å². The van der Waals surface area contributed by atoms with Gasteiger partial charge in [-0.15, -0.1) is 0 Å². The molecule has 2 N–H and O–H groups in total. The zero-order valence-electron chi connectivity index (χ0n) is 12.7. The van der Waals surface area contributed by atoms with Crippen molar-refractivity contribution in [3.05, 3.63) is 70.9 Å². The van der Waals surface area contributed by atoms with E-state index in [0.29, 0.717) is 12.0 Å². The summed E-state index contributed by atoms with van der Waals surface area (Å²) >= 11 is 0. The van der Waals surface area contributed by atoms with Crippen molar-refractivity contribution in [2.24, 2.45) is 0 Å². The Morgan fingerprint density at radius 1 is 1.12 bits per heavy atom. The second-order valence-corrected chi connectivity index (χ2v) is 6.32. The molecule has 2 aromatic carbocycles. The van der Waals surface area contributed by atoms with Gasteiger partial charge in [-0.3, -0.25) is 4.79 Å². The van der Waals surface area contributed by atoms with Gasteiger partial charge < -0.3 is 15.0 Å². The van der Waals surface area contributed by atoms with Gasteiger partial charge in [0, 0.05) is 28.6 Å². The summed E-state index contributed by atoms with van der Waals surface area (Å²) in [5.41, 5.74) is 4.39. The maximum Gasteiger partial charge on any atom is 0.326 e. The third kappa shape index (κ3) is 1.53. The Morgan fingerprint density at radius 3 is 2.71 bits per heavy atom. The first kappa shape index (κ1) is 13.4. The first-order chi connectivity index (χ1) is 11.7. The molecule has 5 nitrogen and oxygen atoms in total. The number of fused-ring (bicyclic) bond motifs is 7. The van der Waals surface area contributed by atoms with Crippen LogP contribution >= 0.6 is 0 Å². The van der Waals surface area contributed by atoms with Gasteiger partial charge in [0.25, 0.3) is 5.91 Å². The number of amides is 1. The van der Waals surface area contributed by atoms with Crippen LogP contribution in [0.5, 0.6) is 0 Å². The molecule has 0 aliphatic carbocycles. The molecule has 2 atom stereocenters. The predicted molar refractivity (Wildman–Crippen MR) is 87.9 cm³/mol. The highest BCUT2D eigenvalue weighted by Gasteiger charge is 2.48. The molecule has 2 aliphatic rings. The molecule has 0 saturated carbocycles. The Balaban J connectivity index is 1.83. The van der Waals surface area contributed by atoms with Gasteiger partial charge in [-0.1, -0.05) is 36.4 Å². The summed E-state index contributed by atoms with van der Waals surface area (Å²) in [4.78, 5) is 29.6. The summed E-state index contributed by atoms with van der Waals surface area (Å²) in [7, 11) is 0. The molecular weight excluding hydrogens is 304 g/mol. The molecule has 3 heterocycles. The van der Waals surface area contributed by atoms with Crippen LogP contribution in [-0.2, 0) is 11.2 Å². The summed E-state index contributed by atoms with van der Waals surface area (Å²) in [5.74, 6) is -1.16. The van der Waals surface area contributed by atoms with E-state index in [9.17, 15) is 14.7 Å². The largest absolute Gasteiger partial charge is 0.480 e. The van der Waals surface area contributed by atoms with Crippen LogP contribution in [0.1, 0.15) is 33.2 Å². The summed E-state index contributed by atoms with van der Waals surface area (Å²) < 4.78 is 0. The van der Waals surface area contributed by atoms with Crippen molar-refractivity contribution in [1.29, 1.82) is 0 Å². The monoisotopic (exact) mass is 318 g/mol. The van der Waals surface area contributed by atoms with Gasteiger partial charge in [-0.25, -0.2) is 4.79 Å². The number of hydrogen-bond donors (Lipinski definition) is 2. The lowest BCUT2D eigenvalue weighted by atomic mass is 9.90. The number of carbonyl (C=O) groups excluding carboxylic acids is 1. The van der Waals surface area contributed by atoms with E-state index in [1.165, 1.54) is 4.90 Å². The van der Waals surface area contributed by atoms with E-state index in [0.717, 1.165) is 27.7 Å². The predicted octanol–water partition coefficient (Wildman–Crippen LogP) is 2.72. The molecule has 0 bridgehead atoms. The molecule has 118 valence electrons. The molecular formula is C19H14N2O3. The molecule has 0 unspecified atom stereocenters. The van der Waals surface area contributed by atoms with Crippen LogP contribution in [0.2, 0.25) is 0 Å². The normalized spacial score (nSPS) is 21.5. The second kappa shape index (κ2) is 4.47. The Kier molecular flexibility index (Phi) is 2.49. The number of para-hydroxylation sites is 1. The minimum atomic E-state index is -0.961. The summed E-state index contributed by atoms with van der Waals surface area (Å²) in [6.07, 6.45) is 0.324. The third-order valence-electron chi connectivity index (χ3n) is 5.14. The summed E-state index contributed by atoms with van der Waals surface area (Å²) in [6.45, 7) is 0. The van der Waals surface area contributed by atoms with Crippen LogP contribution < -0.4 is 0 Å². The van der Waals surface area contributed by atoms with Crippen LogP contribution in [0.4, 0.5) is 0 Å². The number of carboxylic acid groups (broad SMARTS) is 1. The minimum absolute atomic E-state index is 0.202. The smallest absolute Gasteiger partial charge is 0.326 e. The van der Waals surface area contributed by atoms with E-state index in [1.54, 1.807) is 6.07 Å². The summed E-state index contributed by atoms with van der Waals surface area (Å²) in [6, 6.07) is 14.1. The van der Waals surface area contributed by atoms with E-state index in [1.807, 2.05) is 42.5 Å². The number of benzene rings is 2. The van der Waals surface area contributed by atoms with Crippen LogP contribution in [0, 0.1) is 0 Å². The van der Waals surface area contributed by atoms with Gasteiger partial charge in [0.05, 0.1) is 6.04 Å². The number of nitrogens with zero attached hydrogens (tertiary/aromatic N) is 1. The lowest BCUT2D eigenvalue weighted by Crippen LogP contribution is -2.48. The Labute approximate surface area is 137 Å². The van der Waals surface area contributed by atoms with E-state index in [2.05, 4.69) is 4.98 Å². The number of aliphatic carboxylic acids is 1. The number of hydrogen-bond acceptors (Lipinski definition) is 2. The van der Waals surface area contributed by atoms with Gasteiger partial charge in [0.2, 0.25) is 0 Å². The fraction of sp³-hybridized carbons (Fsp3) is 0.158. The highest BCUT2D eigenvalue weighted by molar-refractivity contribution is 6.03. The second-order valence-electron chi connectivity index (χ2n) is 6.32. The van der Waals surface area contributed by atoms with Crippen molar-refractivity contribution < 1.29 is 14.7 Å². The minimum Gasteiger partial charge on any atom is -0.480 e. The first-order valence-electron chi connectivity index (χ1n) is 7.90. The average molecular weight is 318 g/mol. The average Bonchev–Trinajstić information content (AvgIpc) is 3.11. The van der Waals surface area contributed by atoms with Crippen molar-refractivity contribution in [3.8, 4) is 0 Å². The third-order valence-corrected chi connectivity index (χ3v) is 5.14. The molecule has 0 radical (unpaired) electrons. The van der Waals surface area contributed by atoms with Crippen molar-refractivity contribution in [3.63, 3.8) is 0 Å². The molecule has 1 amide bonds. The number of H-pyrrole nitrogens is 1. The van der Waals surface area contributed by atoms with Gasteiger partial charge in [0.15, 0.2) is 0 Å². The van der Waals surface area contributed by atoms with Crippen LogP contribution in [0.3, 0.4) is 0 Å². The number of carbonyl (C=O) groups is 2. The van der Waals surface area contributed by atoms with E-state index >= 15 is 0 Å². The lowest BCUT2D eigenvalue weighted by Gasteiger charge is -2.35. The molecule has 2 aliphatic heterocycles. The summed E-state index contributed by atoms with van der Waals surface area (Å²) in [5, 5.41) is 10.8. The van der Waals surface area contributed by atoms with Crippen LogP contribution in [-0.4, -0.2) is 32.9 Å². The van der Waals surface area contributed by atoms with E-state index < -0.39 is 12.0 Å². The fourth-order valence-electron chi connectivity index (χ4n) is 4.12. The van der Waals surface area contributed by atoms with Gasteiger partial charge >= 0.3 is 5.97 Å². The molecule has 1 aromatic heterocycles. The number of carboxylic acids is 1. The van der Waals surface area contributed by atoms with Crippen molar-refractivity contribution in [2.75, 3.05) is 0 Å². The lowest BCUT2D eigenvalue weighted by molar-refractivity contribution is -0.143. The zero-order valence-corrected chi connectivity index (χ0v) is 12.7. The highest BCUT2D eigenvalue weighted by Crippen LogP contribution is 2.46. The zero-order chi connectivity index (χ0) is 16.4. The first-order valence-corrected chi connectivity index (χ1v) is 7.90. The number of aromatic nitrogens is 1. The standard InChI is InChI=1S/C19H14N2O3/c22-18-12-7-2-1-6-11(12)17-16-13(9-15(19(23)24)21(17)18)10-5-3-4-8-14(10)20-16/h1-8,15,17,20H,9H2,(H,23,24)/t15-,17+/m0/s1. The number of aromatic amines is 1. The van der Waals surface area contributed by atoms with Crippen molar-refractivity contribution in [1.82, 2.24) is 9.88 Å². The maximum atomic E-state index is 12.8. The van der Waals surface area contributed by atoms with E-state index in [4.69, 9.17) is 0 Å². The molecule has 0 spiro atoms. The Bertz CT molecular complexity index is 1020. The molecule has 5 heteroatoms. The van der Waals surface area contributed by atoms with Gasteiger partial charge in [-0.2, -0.15) is 0 Å². The SMILES string of the molecule is O=C(O)[C@@H]1Cc2c([nH]c3ccccc23)[C@H]2c3ccccc3C(=O)N21. The Hall–Kier alpha value is -3.08. The topological polar surface area (TPSA) is 73.4 Å². The van der Waals surface area contributed by atoms with Crippen molar-refractivity contribution in [2.45, 2.75) is 18.5 Å². The fourth-order valence-corrected chi connectivity index (χ4v) is 4.12. The number of nitrogens with one attached hydrogen (secondary N) is 1.